The summed E-state index contributed by atoms with van der Waals surface area (Å²) in [5, 5.41) is 7.47. The summed E-state index contributed by atoms with van der Waals surface area (Å²) in [6.07, 6.45) is 1.87. The summed E-state index contributed by atoms with van der Waals surface area (Å²) >= 11 is 1.38. The van der Waals surface area contributed by atoms with E-state index in [1.54, 1.807) is 14.0 Å². The smallest absolute Gasteiger partial charge is 0.230 e. The second-order valence-corrected chi connectivity index (χ2v) is 6.88. The molecule has 6 nitrogen and oxygen atoms in total. The van der Waals surface area contributed by atoms with Crippen LogP contribution in [0.2, 0.25) is 0 Å². The van der Waals surface area contributed by atoms with Gasteiger partial charge >= 0.3 is 0 Å². The molecule has 0 bridgehead atoms. The third-order valence-electron chi connectivity index (χ3n) is 4.04. The number of rotatable bonds is 5. The second kappa shape index (κ2) is 6.29. The van der Waals surface area contributed by atoms with Gasteiger partial charge in [0.15, 0.2) is 11.0 Å². The Hall–Kier alpha value is -1.54. The molecule has 2 atom stereocenters. The Kier molecular flexibility index (Phi) is 4.39. The molecule has 0 saturated carbocycles. The quantitative estimate of drug-likeness (QED) is 0.911. The van der Waals surface area contributed by atoms with E-state index in [-0.39, 0.29) is 5.95 Å². The molecule has 120 valence electrons. The molecule has 2 aromatic heterocycles. The molecular weight excluding hydrogens is 305 g/mol. The Bertz CT molecular complexity index is 643. The summed E-state index contributed by atoms with van der Waals surface area (Å²) in [5.41, 5.74) is 0. The van der Waals surface area contributed by atoms with Crippen molar-refractivity contribution in [1.29, 1.82) is 0 Å². The zero-order valence-corrected chi connectivity index (χ0v) is 13.8. The van der Waals surface area contributed by atoms with Crippen molar-refractivity contribution in [3.63, 3.8) is 0 Å². The Morgan fingerprint density at radius 1 is 1.45 bits per heavy atom. The predicted octanol–water partition coefficient (Wildman–Crippen LogP) is 2.47. The average Bonchev–Trinajstić information content (AvgIpc) is 3.13. The predicted molar refractivity (Wildman–Crippen MR) is 82.3 cm³/mol. The molecule has 3 heterocycles. The fourth-order valence-corrected chi connectivity index (χ4v) is 3.81. The van der Waals surface area contributed by atoms with Gasteiger partial charge in [0.05, 0.1) is 4.88 Å². The monoisotopic (exact) mass is 325 g/mol. The van der Waals surface area contributed by atoms with E-state index in [9.17, 15) is 4.39 Å². The Morgan fingerprint density at radius 3 is 2.91 bits per heavy atom. The van der Waals surface area contributed by atoms with Crippen LogP contribution >= 0.6 is 11.3 Å². The first-order chi connectivity index (χ1) is 10.5. The van der Waals surface area contributed by atoms with E-state index < -0.39 is 0 Å². The maximum atomic E-state index is 13.8. The highest BCUT2D eigenvalue weighted by molar-refractivity contribution is 7.15. The van der Waals surface area contributed by atoms with Gasteiger partial charge in [-0.05, 0) is 19.3 Å². The number of thiazole rings is 1. The molecule has 2 aromatic rings. The molecule has 0 spiro atoms. The lowest BCUT2D eigenvalue weighted by Crippen LogP contribution is -2.26. The van der Waals surface area contributed by atoms with Gasteiger partial charge in [-0.2, -0.15) is 14.4 Å². The fourth-order valence-electron chi connectivity index (χ4n) is 2.99. The van der Waals surface area contributed by atoms with Crippen LogP contribution < -0.4 is 5.32 Å². The minimum absolute atomic E-state index is 0.362. The number of aromatic nitrogens is 3. The number of halogens is 1. The third-order valence-corrected chi connectivity index (χ3v) is 5.07. The fraction of sp³-hybridized carbons (Fsp3) is 0.643. The van der Waals surface area contributed by atoms with Crippen molar-refractivity contribution in [2.45, 2.75) is 39.3 Å². The van der Waals surface area contributed by atoms with Crippen LogP contribution in [-0.2, 0) is 13.0 Å². The highest BCUT2D eigenvalue weighted by Gasteiger charge is 2.31. The molecule has 0 aromatic carbocycles. The van der Waals surface area contributed by atoms with Gasteiger partial charge in [0.1, 0.15) is 0 Å². The number of hydrogen-bond donors (Lipinski definition) is 1. The Morgan fingerprint density at radius 2 is 2.27 bits per heavy atom. The van der Waals surface area contributed by atoms with Crippen LogP contribution in [0.1, 0.15) is 29.9 Å². The van der Waals surface area contributed by atoms with Crippen LogP contribution in [0.3, 0.4) is 0 Å². The molecule has 1 aliphatic heterocycles. The molecule has 1 fully saturated rings. The van der Waals surface area contributed by atoms with Crippen molar-refractivity contribution < 1.29 is 8.91 Å². The molecule has 1 N–H and O–H groups in total. The van der Waals surface area contributed by atoms with Gasteiger partial charge in [-0.15, -0.1) is 0 Å². The van der Waals surface area contributed by atoms with Gasteiger partial charge in [-0.1, -0.05) is 16.5 Å². The van der Waals surface area contributed by atoms with E-state index in [1.165, 1.54) is 11.3 Å². The summed E-state index contributed by atoms with van der Waals surface area (Å²) in [7, 11) is 1.75. The van der Waals surface area contributed by atoms with E-state index in [2.05, 4.69) is 32.3 Å². The lowest BCUT2D eigenvalue weighted by atomic mass is 10.0. The standard InChI is InChI=1S/C14H20FN5OS/c1-8-4-10(5-12-17-9(2)21-19-12)6-20(8)7-11-13(15)18-14(16-3)22-11/h8,10H,4-7H2,1-3H3,(H,16,18). The van der Waals surface area contributed by atoms with Crippen molar-refractivity contribution in [1.82, 2.24) is 20.0 Å². The molecule has 0 amide bonds. The van der Waals surface area contributed by atoms with Gasteiger partial charge in [-0.3, -0.25) is 4.90 Å². The van der Waals surface area contributed by atoms with Crippen molar-refractivity contribution in [2.24, 2.45) is 5.92 Å². The molecular formula is C14H20FN5OS. The SMILES string of the molecule is CNc1nc(F)c(CN2CC(Cc3noc(C)n3)CC2C)s1. The first-order valence-corrected chi connectivity index (χ1v) is 8.23. The molecule has 2 unspecified atom stereocenters. The molecule has 8 heteroatoms. The molecule has 0 aliphatic carbocycles. The van der Waals surface area contributed by atoms with Crippen molar-refractivity contribution >= 4 is 16.5 Å². The normalized spacial score (nSPS) is 22.4. The van der Waals surface area contributed by atoms with Crippen molar-refractivity contribution in [3.05, 3.63) is 22.5 Å². The Balaban J connectivity index is 1.61. The van der Waals surface area contributed by atoms with Crippen LogP contribution in [-0.4, -0.2) is 39.7 Å². The van der Waals surface area contributed by atoms with E-state index in [0.717, 1.165) is 25.2 Å². The van der Waals surface area contributed by atoms with Crippen molar-refractivity contribution in [3.8, 4) is 0 Å². The van der Waals surface area contributed by atoms with E-state index in [0.29, 0.717) is 34.4 Å². The van der Waals surface area contributed by atoms with Gasteiger partial charge in [0, 0.05) is 39.5 Å². The van der Waals surface area contributed by atoms with Crippen LogP contribution in [0, 0.1) is 18.8 Å². The van der Waals surface area contributed by atoms with Crippen LogP contribution in [0.15, 0.2) is 4.52 Å². The van der Waals surface area contributed by atoms with Gasteiger partial charge < -0.3 is 9.84 Å². The van der Waals surface area contributed by atoms with Crippen LogP contribution in [0.25, 0.3) is 0 Å². The average molecular weight is 325 g/mol. The first kappa shape index (κ1) is 15.4. The number of hydrogen-bond acceptors (Lipinski definition) is 7. The van der Waals surface area contributed by atoms with Crippen LogP contribution in [0.5, 0.6) is 0 Å². The zero-order chi connectivity index (χ0) is 15.7. The third kappa shape index (κ3) is 3.27. The topological polar surface area (TPSA) is 67.1 Å². The second-order valence-electron chi connectivity index (χ2n) is 5.80. The molecule has 1 aliphatic rings. The molecule has 22 heavy (non-hydrogen) atoms. The van der Waals surface area contributed by atoms with Gasteiger partial charge in [0.25, 0.3) is 0 Å². The van der Waals surface area contributed by atoms with Gasteiger partial charge in [-0.25, -0.2) is 0 Å². The Labute approximate surface area is 132 Å². The van der Waals surface area contributed by atoms with Crippen LogP contribution in [0.4, 0.5) is 9.52 Å². The maximum absolute atomic E-state index is 13.8. The summed E-state index contributed by atoms with van der Waals surface area (Å²) in [4.78, 5) is 11.1. The molecule has 3 rings (SSSR count). The largest absolute Gasteiger partial charge is 0.365 e. The molecule has 1 saturated heterocycles. The minimum Gasteiger partial charge on any atom is -0.365 e. The number of nitrogens with one attached hydrogen (secondary N) is 1. The highest BCUT2D eigenvalue weighted by atomic mass is 32.1. The summed E-state index contributed by atoms with van der Waals surface area (Å²) < 4.78 is 18.8. The summed E-state index contributed by atoms with van der Waals surface area (Å²) in [5.74, 6) is 1.48. The number of anilines is 1. The number of aryl methyl sites for hydroxylation is 1. The number of nitrogens with zero attached hydrogens (tertiary/aromatic N) is 4. The lowest BCUT2D eigenvalue weighted by Gasteiger charge is -2.19. The van der Waals surface area contributed by atoms with E-state index in [4.69, 9.17) is 4.52 Å². The van der Waals surface area contributed by atoms with E-state index >= 15 is 0 Å². The highest BCUT2D eigenvalue weighted by Crippen LogP contribution is 2.30. The van der Waals surface area contributed by atoms with E-state index in [1.807, 2.05) is 0 Å². The maximum Gasteiger partial charge on any atom is 0.230 e. The first-order valence-electron chi connectivity index (χ1n) is 7.41. The van der Waals surface area contributed by atoms with Crippen molar-refractivity contribution in [2.75, 3.05) is 18.9 Å². The zero-order valence-electron chi connectivity index (χ0n) is 13.0. The van der Waals surface area contributed by atoms with Gasteiger partial charge in [0.2, 0.25) is 11.8 Å². The minimum atomic E-state index is -0.362. The lowest BCUT2D eigenvalue weighted by molar-refractivity contribution is 0.253. The summed E-state index contributed by atoms with van der Waals surface area (Å²) in [6, 6.07) is 0.414. The number of likely N-dealkylation sites (tertiary alicyclic amines) is 1. The summed E-state index contributed by atoms with van der Waals surface area (Å²) in [6.45, 7) is 5.50. The molecule has 0 radical (unpaired) electrons.